The number of carbonyl (C=O) groups is 3. The van der Waals surface area contributed by atoms with Crippen LogP contribution in [-0.4, -0.2) is 86.6 Å². The van der Waals surface area contributed by atoms with Crippen LogP contribution in [0.3, 0.4) is 0 Å². The van der Waals surface area contributed by atoms with Gasteiger partial charge in [-0.25, -0.2) is 4.79 Å². The Morgan fingerprint density at radius 1 is 0.655 bits per heavy atom. The second-order valence-corrected chi connectivity index (χ2v) is 14.3. The molecule has 0 spiro atoms. The highest BCUT2D eigenvalue weighted by molar-refractivity contribution is 6.06. The molecular weight excluding hydrogens is 739 g/mol. The fourth-order valence-corrected chi connectivity index (χ4v) is 7.52. The van der Waals surface area contributed by atoms with Crippen molar-refractivity contribution >= 4 is 58.4 Å². The van der Waals surface area contributed by atoms with Gasteiger partial charge in [0, 0.05) is 55.5 Å². The molecule has 2 atom stereocenters. The maximum Gasteiger partial charge on any atom is 0.337 e. The first-order valence-electron chi connectivity index (χ1n) is 19.1. The molecule has 4 aromatic carbocycles. The average molecular weight is 782 g/mol. The minimum atomic E-state index is -0.400. The van der Waals surface area contributed by atoms with E-state index in [1.165, 1.54) is 7.11 Å². The molecule has 4 aliphatic heterocycles. The lowest BCUT2D eigenvalue weighted by atomic mass is 10.0. The number of hydrogen-bond acceptors (Lipinski definition) is 11. The van der Waals surface area contributed by atoms with Gasteiger partial charge in [0.25, 0.3) is 11.8 Å². The number of esters is 1. The Morgan fingerprint density at radius 2 is 1.12 bits per heavy atom. The number of rotatable bonds is 13. The van der Waals surface area contributed by atoms with Gasteiger partial charge in [-0.3, -0.25) is 19.6 Å². The number of aliphatic imine (C=N–C) groups is 2. The first-order valence-corrected chi connectivity index (χ1v) is 19.1. The van der Waals surface area contributed by atoms with Crippen molar-refractivity contribution < 1.29 is 38.1 Å². The van der Waals surface area contributed by atoms with Crippen LogP contribution in [-0.2, 0) is 4.74 Å². The summed E-state index contributed by atoms with van der Waals surface area (Å²) in [6, 6.07) is 21.2. The Bertz CT molecular complexity index is 2390. The van der Waals surface area contributed by atoms with E-state index in [1.807, 2.05) is 55.0 Å². The van der Waals surface area contributed by atoms with E-state index in [2.05, 4.69) is 0 Å². The van der Waals surface area contributed by atoms with Crippen LogP contribution in [0.15, 0.2) is 95.2 Å². The molecule has 0 aromatic heterocycles. The molecule has 0 fully saturated rings. The van der Waals surface area contributed by atoms with Gasteiger partial charge in [0.05, 0.1) is 74.7 Å². The Morgan fingerprint density at radius 3 is 1.57 bits per heavy atom. The lowest BCUT2D eigenvalue weighted by Gasteiger charge is -2.19. The van der Waals surface area contributed by atoms with Crippen LogP contribution in [0.25, 0.3) is 11.1 Å². The molecule has 4 heterocycles. The van der Waals surface area contributed by atoms with Crippen LogP contribution < -0.4 is 24.7 Å². The molecule has 2 unspecified atom stereocenters. The van der Waals surface area contributed by atoms with Crippen molar-refractivity contribution in [3.8, 4) is 23.0 Å². The number of carbonyl (C=O) groups excluding carboxylic acids is 3. The van der Waals surface area contributed by atoms with Crippen LogP contribution in [0.5, 0.6) is 23.0 Å². The number of hydrogen-bond donors (Lipinski definition) is 1. The number of benzene rings is 4. The van der Waals surface area contributed by atoms with Crippen molar-refractivity contribution in [2.45, 2.75) is 44.2 Å². The Balaban J connectivity index is 0.846. The molecule has 0 aliphatic carbocycles. The Labute approximate surface area is 336 Å². The van der Waals surface area contributed by atoms with Gasteiger partial charge in [-0.05, 0) is 77.9 Å². The number of methoxy groups -OCH3 is 3. The van der Waals surface area contributed by atoms with Crippen molar-refractivity contribution in [3.63, 3.8) is 0 Å². The molecule has 8 rings (SSSR count). The van der Waals surface area contributed by atoms with E-state index in [0.717, 1.165) is 41.5 Å². The van der Waals surface area contributed by atoms with Gasteiger partial charge in [-0.15, -0.1) is 0 Å². The minimum absolute atomic E-state index is 0.147. The smallest absolute Gasteiger partial charge is 0.337 e. The number of ether oxygens (including phenoxy) is 5. The molecule has 13 nitrogen and oxygen atoms in total. The summed E-state index contributed by atoms with van der Waals surface area (Å²) in [5, 5.41) is 0. The van der Waals surface area contributed by atoms with Gasteiger partial charge in [0.2, 0.25) is 0 Å². The zero-order chi connectivity index (χ0) is 40.3. The first-order chi connectivity index (χ1) is 28.2. The van der Waals surface area contributed by atoms with E-state index >= 15 is 0 Å². The second kappa shape index (κ2) is 16.3. The van der Waals surface area contributed by atoms with Gasteiger partial charge in [0.15, 0.2) is 23.0 Å². The van der Waals surface area contributed by atoms with Crippen molar-refractivity contribution in [2.24, 2.45) is 9.98 Å². The summed E-state index contributed by atoms with van der Waals surface area (Å²) < 4.78 is 28.3. The molecule has 0 saturated carbocycles. The number of nitrogen functional groups attached to an aromatic ring is 1. The fraction of sp³-hybridized carbons (Fsp3) is 0.267. The summed E-state index contributed by atoms with van der Waals surface area (Å²) in [6.07, 6.45) is 10.9. The van der Waals surface area contributed by atoms with Crippen LogP contribution in [0, 0.1) is 0 Å². The number of nitrogens with zero attached hydrogens (tertiary/aromatic N) is 4. The summed E-state index contributed by atoms with van der Waals surface area (Å²) in [4.78, 5) is 52.1. The molecule has 0 bridgehead atoms. The SMILES string of the molecule is COC(=O)c1ccc(C2=CN3C(=O)c4cc(OC)c(OCCCCCOc5cc6c(cc5OC)C(=O)N5C=C(c7ccc(N)cc7)CC5C=N6)cc4N=CC3C2)cc1. The standard InChI is InChI=1S/C45H43N5O8/c1-54-39-19-35-37(47-23-33-17-30(25-49(33)43(35)51)27-7-9-29(10-8-27)45(53)56-3)21-41(39)57-15-5-4-6-16-58-42-22-38-36(20-40(42)55-2)44(52)50-26-31(18-34(50)24-48-38)28-11-13-32(46)14-12-28/h7-14,19-26,33-34H,4-6,15-18,46H2,1-3H3. The summed E-state index contributed by atoms with van der Waals surface area (Å²) in [5.74, 6) is 1.21. The van der Waals surface area contributed by atoms with E-state index in [9.17, 15) is 14.4 Å². The predicted octanol–water partition coefficient (Wildman–Crippen LogP) is 7.64. The predicted molar refractivity (Wildman–Crippen MR) is 221 cm³/mol. The highest BCUT2D eigenvalue weighted by Crippen LogP contribution is 2.42. The number of nitrogens with two attached hydrogens (primary N) is 1. The summed E-state index contributed by atoms with van der Waals surface area (Å²) in [6.45, 7) is 0.856. The molecule has 0 saturated heterocycles. The van der Waals surface area contributed by atoms with E-state index in [0.29, 0.717) is 82.8 Å². The van der Waals surface area contributed by atoms with E-state index in [1.54, 1.807) is 66.6 Å². The first kappa shape index (κ1) is 38.0. The average Bonchev–Trinajstić information content (AvgIpc) is 3.83. The van der Waals surface area contributed by atoms with E-state index in [4.69, 9.17) is 39.4 Å². The molecule has 2 N–H and O–H groups in total. The largest absolute Gasteiger partial charge is 0.493 e. The second-order valence-electron chi connectivity index (χ2n) is 14.3. The quantitative estimate of drug-likeness (QED) is 0.0819. The third-order valence-electron chi connectivity index (χ3n) is 10.7. The molecule has 0 radical (unpaired) electrons. The summed E-state index contributed by atoms with van der Waals surface area (Å²) in [5.41, 5.74) is 12.9. The maximum absolute atomic E-state index is 13.8. The third kappa shape index (κ3) is 7.50. The summed E-state index contributed by atoms with van der Waals surface area (Å²) in [7, 11) is 4.45. The van der Waals surface area contributed by atoms with E-state index in [-0.39, 0.29) is 23.9 Å². The molecule has 4 aromatic rings. The third-order valence-corrected chi connectivity index (χ3v) is 10.7. The van der Waals surface area contributed by atoms with Crippen LogP contribution in [0.1, 0.15) is 74.3 Å². The van der Waals surface area contributed by atoms with Crippen molar-refractivity contribution in [1.82, 2.24) is 9.80 Å². The highest BCUT2D eigenvalue weighted by Gasteiger charge is 2.35. The Hall–Kier alpha value is -6.89. The fourth-order valence-electron chi connectivity index (χ4n) is 7.52. The zero-order valence-corrected chi connectivity index (χ0v) is 32.5. The van der Waals surface area contributed by atoms with Gasteiger partial charge in [-0.1, -0.05) is 24.3 Å². The van der Waals surface area contributed by atoms with Gasteiger partial charge >= 0.3 is 5.97 Å². The van der Waals surface area contributed by atoms with Gasteiger partial charge in [0.1, 0.15) is 0 Å². The zero-order valence-electron chi connectivity index (χ0n) is 32.5. The number of anilines is 1. The molecule has 2 amide bonds. The van der Waals surface area contributed by atoms with Gasteiger partial charge < -0.3 is 39.2 Å². The van der Waals surface area contributed by atoms with Crippen molar-refractivity contribution in [3.05, 3.63) is 113 Å². The normalized spacial score (nSPS) is 17.6. The van der Waals surface area contributed by atoms with E-state index < -0.39 is 5.97 Å². The number of amides is 2. The molecule has 4 aliphatic rings. The van der Waals surface area contributed by atoms with Crippen LogP contribution >= 0.6 is 0 Å². The lowest BCUT2D eigenvalue weighted by molar-refractivity contribution is 0.0600. The monoisotopic (exact) mass is 781 g/mol. The summed E-state index contributed by atoms with van der Waals surface area (Å²) >= 11 is 0. The van der Waals surface area contributed by atoms with Crippen molar-refractivity contribution in [2.75, 3.05) is 40.3 Å². The molecule has 58 heavy (non-hydrogen) atoms. The highest BCUT2D eigenvalue weighted by atomic mass is 16.5. The van der Waals surface area contributed by atoms with Gasteiger partial charge in [-0.2, -0.15) is 0 Å². The van der Waals surface area contributed by atoms with Crippen LogP contribution in [0.4, 0.5) is 17.1 Å². The number of unbranched alkanes of at least 4 members (excludes halogenated alkanes) is 2. The number of fused-ring (bicyclic) bond motifs is 4. The lowest BCUT2D eigenvalue weighted by Crippen LogP contribution is -2.32. The molecule has 13 heteroatoms. The minimum Gasteiger partial charge on any atom is -0.493 e. The van der Waals surface area contributed by atoms with Crippen molar-refractivity contribution in [1.29, 1.82) is 0 Å². The van der Waals surface area contributed by atoms with Crippen LogP contribution in [0.2, 0.25) is 0 Å². The molecular formula is C45H43N5O8. The Kier molecular flexibility index (Phi) is 10.7. The molecule has 296 valence electrons. The topological polar surface area (TPSA) is 155 Å². The maximum atomic E-state index is 13.8.